The fraction of sp³-hybridized carbons (Fsp3) is 0.208. The molecule has 3 heterocycles. The minimum absolute atomic E-state index is 0.00818. The molecular formula is C24H21Cl2N7O2. The average molecular weight is 510 g/mol. The van der Waals surface area contributed by atoms with E-state index in [0.717, 1.165) is 0 Å². The first kappa shape index (κ1) is 24.3. The highest BCUT2D eigenvalue weighted by Gasteiger charge is 2.22. The third kappa shape index (κ3) is 4.85. The Morgan fingerprint density at radius 2 is 1.94 bits per heavy atom. The van der Waals surface area contributed by atoms with Crippen molar-refractivity contribution in [3.63, 3.8) is 0 Å². The van der Waals surface area contributed by atoms with E-state index in [4.69, 9.17) is 33.5 Å². The maximum absolute atomic E-state index is 12.8. The van der Waals surface area contributed by atoms with E-state index in [9.17, 15) is 10.1 Å². The second-order valence-corrected chi connectivity index (χ2v) is 8.99. The van der Waals surface area contributed by atoms with E-state index >= 15 is 0 Å². The number of pyridine rings is 1. The summed E-state index contributed by atoms with van der Waals surface area (Å²) in [7, 11) is 0. The van der Waals surface area contributed by atoms with E-state index in [1.54, 1.807) is 54.2 Å². The second kappa shape index (κ2) is 9.78. The van der Waals surface area contributed by atoms with Crippen molar-refractivity contribution in [2.75, 3.05) is 11.1 Å². The van der Waals surface area contributed by atoms with Crippen LogP contribution in [0.15, 0.2) is 47.1 Å². The third-order valence-corrected chi connectivity index (χ3v) is 5.98. The predicted octanol–water partition coefficient (Wildman–Crippen LogP) is 5.68. The summed E-state index contributed by atoms with van der Waals surface area (Å²) >= 11 is 12.2. The molecule has 0 saturated carbocycles. The van der Waals surface area contributed by atoms with Crippen molar-refractivity contribution in [1.82, 2.24) is 19.9 Å². The molecular weight excluding hydrogens is 489 g/mol. The van der Waals surface area contributed by atoms with E-state index in [-0.39, 0.29) is 23.4 Å². The molecule has 0 aliphatic carbocycles. The quantitative estimate of drug-likeness (QED) is 0.340. The zero-order chi connectivity index (χ0) is 25.3. The Balaban J connectivity index is 1.50. The van der Waals surface area contributed by atoms with Crippen molar-refractivity contribution in [3.8, 4) is 28.7 Å². The molecule has 0 fully saturated rings. The molecule has 9 nitrogen and oxygen atoms in total. The van der Waals surface area contributed by atoms with Crippen LogP contribution in [0.5, 0.6) is 0 Å². The Morgan fingerprint density at radius 1 is 1.17 bits per heavy atom. The Bertz CT molecular complexity index is 1440. The molecule has 35 heavy (non-hydrogen) atoms. The zero-order valence-electron chi connectivity index (χ0n) is 19.1. The second-order valence-electron chi connectivity index (χ2n) is 8.15. The summed E-state index contributed by atoms with van der Waals surface area (Å²) in [5.74, 6) is -0.378. The Hall–Kier alpha value is -3.87. The standard InChI is InChI=1S/C24H21Cl2N7O2/c1-12(2)33-23(28)17(10-27)22(31-33)19-7-4-14(11-29-19)13(3)24(34)30-21-9-20(32-35-21)16-6-5-15(25)8-18(16)26/h4-9,11-13H,28H2,1-3H3,(H,30,34). The van der Waals surface area contributed by atoms with E-state index < -0.39 is 5.92 Å². The molecule has 0 bridgehead atoms. The number of carbonyl (C=O) groups excluding carboxylic acids is 1. The van der Waals surface area contributed by atoms with Gasteiger partial charge in [-0.3, -0.25) is 15.1 Å². The number of anilines is 2. The van der Waals surface area contributed by atoms with Crippen molar-refractivity contribution in [2.45, 2.75) is 32.7 Å². The first-order chi connectivity index (χ1) is 16.7. The van der Waals surface area contributed by atoms with E-state index in [2.05, 4.69) is 26.6 Å². The van der Waals surface area contributed by atoms with Crippen LogP contribution in [0.25, 0.3) is 22.6 Å². The summed E-state index contributed by atoms with van der Waals surface area (Å²) in [4.78, 5) is 17.2. The smallest absolute Gasteiger partial charge is 0.234 e. The molecule has 3 N–H and O–H groups in total. The topological polar surface area (TPSA) is 136 Å². The van der Waals surface area contributed by atoms with Crippen molar-refractivity contribution in [2.24, 2.45) is 0 Å². The van der Waals surface area contributed by atoms with Crippen molar-refractivity contribution in [3.05, 3.63) is 63.8 Å². The number of nitrogens with two attached hydrogens (primary N) is 1. The van der Waals surface area contributed by atoms with Gasteiger partial charge < -0.3 is 10.3 Å². The lowest BCUT2D eigenvalue weighted by Gasteiger charge is -2.11. The fourth-order valence-corrected chi connectivity index (χ4v) is 3.98. The molecule has 3 aromatic heterocycles. The molecule has 11 heteroatoms. The number of hydrogen-bond acceptors (Lipinski definition) is 7. The number of rotatable bonds is 6. The SMILES string of the molecule is CC(C(=O)Nc1cc(-c2ccc(Cl)cc2Cl)no1)c1ccc(-c2nn(C(C)C)c(N)c2C#N)nc1. The number of carbonyl (C=O) groups is 1. The zero-order valence-corrected chi connectivity index (χ0v) is 20.6. The average Bonchev–Trinajstić information content (AvgIpc) is 3.42. The van der Waals surface area contributed by atoms with Crippen LogP contribution in [0.1, 0.15) is 43.9 Å². The highest BCUT2D eigenvalue weighted by atomic mass is 35.5. The summed E-state index contributed by atoms with van der Waals surface area (Å²) in [6.45, 7) is 5.59. The van der Waals surface area contributed by atoms with Crippen LogP contribution in [0.4, 0.5) is 11.7 Å². The molecule has 1 atom stereocenters. The molecule has 1 unspecified atom stereocenters. The first-order valence-electron chi connectivity index (χ1n) is 10.7. The van der Waals surface area contributed by atoms with Gasteiger partial charge in [-0.25, -0.2) is 4.68 Å². The Kier molecular flexibility index (Phi) is 6.78. The highest BCUT2D eigenvalue weighted by Crippen LogP contribution is 2.32. The van der Waals surface area contributed by atoms with Gasteiger partial charge in [0.1, 0.15) is 28.8 Å². The van der Waals surface area contributed by atoms with Crippen LogP contribution in [0.2, 0.25) is 10.0 Å². The van der Waals surface area contributed by atoms with Crippen LogP contribution in [-0.4, -0.2) is 25.8 Å². The summed E-state index contributed by atoms with van der Waals surface area (Å²) in [6, 6.07) is 12.2. The number of halogens is 2. The van der Waals surface area contributed by atoms with Gasteiger partial charge in [-0.15, -0.1) is 0 Å². The summed E-state index contributed by atoms with van der Waals surface area (Å²) in [6.07, 6.45) is 1.57. The highest BCUT2D eigenvalue weighted by molar-refractivity contribution is 6.36. The van der Waals surface area contributed by atoms with Gasteiger partial charge >= 0.3 is 0 Å². The van der Waals surface area contributed by atoms with Gasteiger partial charge in [0, 0.05) is 28.9 Å². The maximum Gasteiger partial charge on any atom is 0.234 e. The number of benzene rings is 1. The van der Waals surface area contributed by atoms with Crippen molar-refractivity contribution in [1.29, 1.82) is 5.26 Å². The Labute approximate surface area is 211 Å². The van der Waals surface area contributed by atoms with Gasteiger partial charge in [0.2, 0.25) is 11.8 Å². The molecule has 0 radical (unpaired) electrons. The van der Waals surface area contributed by atoms with Crippen molar-refractivity contribution >= 4 is 40.8 Å². The Morgan fingerprint density at radius 3 is 2.57 bits per heavy atom. The lowest BCUT2D eigenvalue weighted by Crippen LogP contribution is -2.18. The van der Waals surface area contributed by atoms with Gasteiger partial charge in [-0.05, 0) is 50.6 Å². The van der Waals surface area contributed by atoms with Crippen LogP contribution >= 0.6 is 23.2 Å². The van der Waals surface area contributed by atoms with Crippen LogP contribution < -0.4 is 11.1 Å². The number of nitrogens with zero attached hydrogens (tertiary/aromatic N) is 5. The number of nitrogen functional groups attached to an aromatic ring is 1. The number of nitriles is 1. The third-order valence-electron chi connectivity index (χ3n) is 5.43. The maximum atomic E-state index is 12.8. The number of nitrogens with one attached hydrogen (secondary N) is 1. The minimum Gasteiger partial charge on any atom is -0.383 e. The molecule has 4 aromatic rings. The van der Waals surface area contributed by atoms with Crippen molar-refractivity contribution < 1.29 is 9.32 Å². The van der Waals surface area contributed by atoms with Gasteiger partial charge in [-0.2, -0.15) is 10.4 Å². The van der Waals surface area contributed by atoms with Gasteiger partial charge in [-0.1, -0.05) is 34.4 Å². The van der Waals surface area contributed by atoms with Gasteiger partial charge in [0.05, 0.1) is 16.6 Å². The summed E-state index contributed by atoms with van der Waals surface area (Å²) < 4.78 is 6.84. The molecule has 1 amide bonds. The predicted molar refractivity (Wildman–Crippen MR) is 134 cm³/mol. The molecule has 0 aliphatic rings. The lowest BCUT2D eigenvalue weighted by atomic mass is 10.0. The summed E-state index contributed by atoms with van der Waals surface area (Å²) in [5, 5.41) is 21.6. The van der Waals surface area contributed by atoms with Crippen LogP contribution in [0.3, 0.4) is 0 Å². The van der Waals surface area contributed by atoms with Gasteiger partial charge in [0.25, 0.3) is 0 Å². The largest absolute Gasteiger partial charge is 0.383 e. The van der Waals surface area contributed by atoms with Crippen LogP contribution in [0, 0.1) is 11.3 Å². The first-order valence-corrected chi connectivity index (χ1v) is 11.4. The molecule has 178 valence electrons. The number of aromatic nitrogens is 4. The summed E-state index contributed by atoms with van der Waals surface area (Å²) in [5.41, 5.74) is 8.99. The normalized spacial score (nSPS) is 11.9. The molecule has 0 saturated heterocycles. The number of amides is 1. The minimum atomic E-state index is -0.544. The lowest BCUT2D eigenvalue weighted by molar-refractivity contribution is -0.117. The van der Waals surface area contributed by atoms with E-state index in [0.29, 0.717) is 44.1 Å². The van der Waals surface area contributed by atoms with E-state index in [1.165, 1.54) is 0 Å². The van der Waals surface area contributed by atoms with E-state index in [1.807, 2.05) is 13.8 Å². The monoisotopic (exact) mass is 509 g/mol. The van der Waals surface area contributed by atoms with Crippen LogP contribution in [-0.2, 0) is 4.79 Å². The van der Waals surface area contributed by atoms with Gasteiger partial charge in [0.15, 0.2) is 0 Å². The number of hydrogen-bond donors (Lipinski definition) is 2. The molecule has 1 aromatic carbocycles. The molecule has 0 aliphatic heterocycles. The molecule has 0 spiro atoms. The fourth-order valence-electron chi connectivity index (χ4n) is 3.47. The molecule has 4 rings (SSSR count).